The zero-order valence-electron chi connectivity index (χ0n) is 8.75. The molecule has 2 aromatic rings. The van der Waals surface area contributed by atoms with E-state index in [1.54, 1.807) is 0 Å². The summed E-state index contributed by atoms with van der Waals surface area (Å²) in [5, 5.41) is 1.05. The molecule has 1 heterocycles. The van der Waals surface area contributed by atoms with E-state index in [1.807, 2.05) is 30.6 Å². The second-order valence-corrected chi connectivity index (χ2v) is 3.61. The lowest BCUT2D eigenvalue weighted by Gasteiger charge is -1.96. The second kappa shape index (κ2) is 4.30. The summed E-state index contributed by atoms with van der Waals surface area (Å²) in [6.07, 6.45) is 4.94. The molecule has 0 aliphatic heterocycles. The van der Waals surface area contributed by atoms with Gasteiger partial charge in [-0.25, -0.2) is 0 Å². The molecular formula is C13H13O2. The van der Waals surface area contributed by atoms with Gasteiger partial charge in [0, 0.05) is 10.9 Å². The molecule has 0 bridgehead atoms. The summed E-state index contributed by atoms with van der Waals surface area (Å²) in [6.45, 7) is 2.13. The molecule has 0 aliphatic carbocycles. The Morgan fingerprint density at radius 1 is 1.33 bits per heavy atom. The molecule has 77 valence electrons. The molecule has 0 atom stereocenters. The van der Waals surface area contributed by atoms with E-state index in [9.17, 15) is 4.79 Å². The third-order valence-electron chi connectivity index (χ3n) is 2.57. The summed E-state index contributed by atoms with van der Waals surface area (Å²) in [5.74, 6) is 0.365. The summed E-state index contributed by atoms with van der Waals surface area (Å²) in [7, 11) is 0. The van der Waals surface area contributed by atoms with Crippen molar-refractivity contribution in [3.8, 4) is 0 Å². The second-order valence-electron chi connectivity index (χ2n) is 3.61. The van der Waals surface area contributed by atoms with Crippen molar-refractivity contribution in [3.63, 3.8) is 0 Å². The van der Waals surface area contributed by atoms with Crippen molar-refractivity contribution in [2.24, 2.45) is 0 Å². The highest BCUT2D eigenvalue weighted by molar-refractivity contribution is 5.89. The van der Waals surface area contributed by atoms with Crippen molar-refractivity contribution in [1.82, 2.24) is 0 Å². The first-order valence-corrected chi connectivity index (χ1v) is 5.25. The lowest BCUT2D eigenvalue weighted by molar-refractivity contribution is 0.532. The monoisotopic (exact) mass is 201 g/mol. The van der Waals surface area contributed by atoms with E-state index in [4.69, 9.17) is 4.42 Å². The summed E-state index contributed by atoms with van der Waals surface area (Å²) >= 11 is 0. The highest BCUT2D eigenvalue weighted by Crippen LogP contribution is 2.25. The average Bonchev–Trinajstić information content (AvgIpc) is 2.64. The molecule has 0 spiro atoms. The molecule has 0 fully saturated rings. The van der Waals surface area contributed by atoms with Gasteiger partial charge in [-0.15, -0.1) is 0 Å². The van der Waals surface area contributed by atoms with Gasteiger partial charge in [-0.1, -0.05) is 31.5 Å². The van der Waals surface area contributed by atoms with E-state index in [-0.39, 0.29) is 0 Å². The van der Waals surface area contributed by atoms with Crippen LogP contribution in [0.1, 0.15) is 31.1 Å². The molecule has 2 nitrogen and oxygen atoms in total. The van der Waals surface area contributed by atoms with E-state index in [1.165, 1.54) is 0 Å². The number of aryl methyl sites for hydroxylation is 1. The Labute approximate surface area is 88.9 Å². The van der Waals surface area contributed by atoms with Crippen molar-refractivity contribution in [2.75, 3.05) is 0 Å². The number of rotatable bonds is 4. The van der Waals surface area contributed by atoms with Crippen molar-refractivity contribution in [3.05, 3.63) is 35.6 Å². The van der Waals surface area contributed by atoms with E-state index in [0.717, 1.165) is 35.8 Å². The molecule has 15 heavy (non-hydrogen) atoms. The van der Waals surface area contributed by atoms with Gasteiger partial charge in [0.15, 0.2) is 5.76 Å². The maximum atomic E-state index is 10.7. The number of unbranched alkanes of at least 4 members (excludes halogenated alkanes) is 1. The Kier molecular flexibility index (Phi) is 2.86. The smallest absolute Gasteiger partial charge is 0.272 e. The molecule has 0 saturated carbocycles. The van der Waals surface area contributed by atoms with Gasteiger partial charge >= 0.3 is 0 Å². The van der Waals surface area contributed by atoms with Gasteiger partial charge in [0.05, 0.1) is 0 Å². The first-order valence-electron chi connectivity index (χ1n) is 5.25. The van der Waals surface area contributed by atoms with Gasteiger partial charge in [0.25, 0.3) is 6.29 Å². The van der Waals surface area contributed by atoms with E-state index < -0.39 is 0 Å². The number of hydrogen-bond acceptors (Lipinski definition) is 2. The Bertz CT molecular complexity index is 468. The lowest BCUT2D eigenvalue weighted by atomic mass is 10.1. The number of furan rings is 1. The standard InChI is InChI=1S/C13H13O2/c1-2-3-6-11-10-7-4-5-8-12(10)15-13(11)9-14/h4-5,7-8H,2-3,6H2,1H3. The maximum Gasteiger partial charge on any atom is 0.272 e. The minimum absolute atomic E-state index is 0.365. The van der Waals surface area contributed by atoms with Crippen LogP contribution in [0.25, 0.3) is 11.0 Å². The van der Waals surface area contributed by atoms with Crippen molar-refractivity contribution < 1.29 is 9.21 Å². The molecule has 0 saturated heterocycles. The van der Waals surface area contributed by atoms with Crippen molar-refractivity contribution >= 4 is 17.3 Å². The predicted octanol–water partition coefficient (Wildman–Crippen LogP) is 3.23. The summed E-state index contributed by atoms with van der Waals surface area (Å²) in [6, 6.07) is 7.74. The molecule has 2 heteroatoms. The van der Waals surface area contributed by atoms with Gasteiger partial charge in [-0.3, -0.25) is 4.79 Å². The predicted molar refractivity (Wildman–Crippen MR) is 59.6 cm³/mol. The van der Waals surface area contributed by atoms with Gasteiger partial charge in [-0.05, 0) is 18.9 Å². The molecule has 2 rings (SSSR count). The number of para-hydroxylation sites is 1. The van der Waals surface area contributed by atoms with Crippen molar-refractivity contribution in [2.45, 2.75) is 26.2 Å². The zero-order valence-corrected chi connectivity index (χ0v) is 8.75. The fraction of sp³-hybridized carbons (Fsp3) is 0.308. The maximum absolute atomic E-state index is 10.7. The fourth-order valence-electron chi connectivity index (χ4n) is 1.78. The first-order chi connectivity index (χ1) is 7.36. The van der Waals surface area contributed by atoms with Crippen LogP contribution in [0, 0.1) is 0 Å². The van der Waals surface area contributed by atoms with Crippen LogP contribution in [0.5, 0.6) is 0 Å². The SMILES string of the molecule is CCCCc1c([C]=O)oc2ccccc12. The Morgan fingerprint density at radius 3 is 2.87 bits per heavy atom. The quantitative estimate of drug-likeness (QED) is 0.760. The lowest BCUT2D eigenvalue weighted by Crippen LogP contribution is -1.88. The highest BCUT2D eigenvalue weighted by atomic mass is 16.3. The van der Waals surface area contributed by atoms with E-state index >= 15 is 0 Å². The van der Waals surface area contributed by atoms with Crippen LogP contribution in [-0.2, 0) is 11.2 Å². The third-order valence-corrected chi connectivity index (χ3v) is 2.57. The molecule has 1 radical (unpaired) electrons. The zero-order chi connectivity index (χ0) is 10.7. The van der Waals surface area contributed by atoms with Crippen LogP contribution in [0.3, 0.4) is 0 Å². The van der Waals surface area contributed by atoms with Crippen LogP contribution < -0.4 is 0 Å². The van der Waals surface area contributed by atoms with Gasteiger partial charge in [0.2, 0.25) is 0 Å². The minimum atomic E-state index is 0.365. The van der Waals surface area contributed by atoms with E-state index in [0.29, 0.717) is 5.76 Å². The number of fused-ring (bicyclic) bond motifs is 1. The summed E-state index contributed by atoms with van der Waals surface area (Å²) in [4.78, 5) is 10.7. The molecule has 1 aromatic heterocycles. The topological polar surface area (TPSA) is 30.2 Å². The fourth-order valence-corrected chi connectivity index (χ4v) is 1.78. The molecule has 0 aliphatic rings. The summed E-state index contributed by atoms with van der Waals surface area (Å²) < 4.78 is 5.42. The third kappa shape index (κ3) is 1.80. The Hall–Kier alpha value is -1.57. The minimum Gasteiger partial charge on any atom is -0.452 e. The molecule has 0 N–H and O–H groups in total. The largest absolute Gasteiger partial charge is 0.452 e. The van der Waals surface area contributed by atoms with Crippen LogP contribution in [0.2, 0.25) is 0 Å². The van der Waals surface area contributed by atoms with Crippen LogP contribution in [-0.4, -0.2) is 6.29 Å². The van der Waals surface area contributed by atoms with Gasteiger partial charge in [-0.2, -0.15) is 0 Å². The van der Waals surface area contributed by atoms with Gasteiger partial charge < -0.3 is 4.42 Å². The molecule has 0 unspecified atom stereocenters. The van der Waals surface area contributed by atoms with Crippen LogP contribution in [0.4, 0.5) is 0 Å². The average molecular weight is 201 g/mol. The number of carbonyl (C=O) groups excluding carboxylic acids is 1. The highest BCUT2D eigenvalue weighted by Gasteiger charge is 2.12. The molecule has 1 aromatic carbocycles. The normalized spacial score (nSPS) is 10.7. The number of benzene rings is 1. The van der Waals surface area contributed by atoms with Crippen LogP contribution in [0.15, 0.2) is 28.7 Å². The summed E-state index contributed by atoms with van der Waals surface area (Å²) in [5.41, 5.74) is 1.78. The van der Waals surface area contributed by atoms with Crippen molar-refractivity contribution in [1.29, 1.82) is 0 Å². The molecular weight excluding hydrogens is 188 g/mol. The van der Waals surface area contributed by atoms with E-state index in [2.05, 4.69) is 6.92 Å². The number of hydrogen-bond donors (Lipinski definition) is 0. The van der Waals surface area contributed by atoms with Crippen LogP contribution >= 0.6 is 0 Å². The molecule has 0 amide bonds. The Balaban J connectivity index is 2.51. The van der Waals surface area contributed by atoms with Gasteiger partial charge in [0.1, 0.15) is 5.58 Å². The Morgan fingerprint density at radius 2 is 2.13 bits per heavy atom. The first kappa shape index (κ1) is 9.97.